The summed E-state index contributed by atoms with van der Waals surface area (Å²) < 4.78 is 33.7. The van der Waals surface area contributed by atoms with E-state index in [1.54, 1.807) is 48.5 Å². The van der Waals surface area contributed by atoms with E-state index in [2.05, 4.69) is 15.9 Å². The van der Waals surface area contributed by atoms with Crippen LogP contribution in [0.5, 0.6) is 5.75 Å². The zero-order chi connectivity index (χ0) is 19.2. The van der Waals surface area contributed by atoms with Crippen LogP contribution in [0.1, 0.15) is 16.7 Å². The van der Waals surface area contributed by atoms with Crippen LogP contribution in [-0.4, -0.2) is 0 Å². The fourth-order valence-electron chi connectivity index (χ4n) is 2.51. The fraction of sp³-hybridized carbons (Fsp3) is 0.0455. The summed E-state index contributed by atoms with van der Waals surface area (Å²) >= 11 is 3.40. The third-order valence-corrected chi connectivity index (χ3v) is 4.36. The lowest BCUT2D eigenvalue weighted by molar-refractivity contribution is 0.305. The maximum atomic E-state index is 14.0. The molecule has 5 heteroatoms. The summed E-state index contributed by atoms with van der Waals surface area (Å²) in [4.78, 5) is 0. The molecule has 0 N–H and O–H groups in total. The van der Waals surface area contributed by atoms with Gasteiger partial charge in [-0.25, -0.2) is 8.78 Å². The van der Waals surface area contributed by atoms with E-state index in [4.69, 9.17) is 4.74 Å². The van der Waals surface area contributed by atoms with Gasteiger partial charge in [0.15, 0.2) is 0 Å². The summed E-state index contributed by atoms with van der Waals surface area (Å²) in [5, 5.41) is 9.49. The molecule has 27 heavy (non-hydrogen) atoms. The summed E-state index contributed by atoms with van der Waals surface area (Å²) in [6.07, 6.45) is 1.59. The Kier molecular flexibility index (Phi) is 6.00. The van der Waals surface area contributed by atoms with Crippen molar-refractivity contribution >= 4 is 27.6 Å². The standard InChI is InChI=1S/C22H14BrF2NO/c23-18-7-10-22(27-14-15-5-8-19(24)9-6-15)16(12-18)11-17(13-26)20-3-1-2-4-21(20)25/h1-12H,14H2/b17-11-. The third kappa shape index (κ3) is 4.81. The van der Waals surface area contributed by atoms with Crippen molar-refractivity contribution in [1.29, 1.82) is 5.26 Å². The van der Waals surface area contributed by atoms with E-state index in [1.165, 1.54) is 18.2 Å². The summed E-state index contributed by atoms with van der Waals surface area (Å²) in [5.74, 6) is -0.241. The predicted octanol–water partition coefficient (Wildman–Crippen LogP) is 6.37. The first kappa shape index (κ1) is 18.8. The first-order chi connectivity index (χ1) is 13.1. The second kappa shape index (κ2) is 8.61. The van der Waals surface area contributed by atoms with Gasteiger partial charge in [-0.15, -0.1) is 0 Å². The van der Waals surface area contributed by atoms with Gasteiger partial charge in [0, 0.05) is 15.6 Å². The van der Waals surface area contributed by atoms with Crippen molar-refractivity contribution in [3.8, 4) is 11.8 Å². The molecule has 0 heterocycles. The molecule has 0 aliphatic rings. The van der Waals surface area contributed by atoms with Crippen molar-refractivity contribution in [3.05, 3.63) is 99.5 Å². The lowest BCUT2D eigenvalue weighted by Crippen LogP contribution is -1.97. The lowest BCUT2D eigenvalue weighted by atomic mass is 10.0. The van der Waals surface area contributed by atoms with Gasteiger partial charge in [-0.1, -0.05) is 46.3 Å². The molecule has 0 amide bonds. The quantitative estimate of drug-likeness (QED) is 0.351. The van der Waals surface area contributed by atoms with Gasteiger partial charge >= 0.3 is 0 Å². The van der Waals surface area contributed by atoms with Crippen LogP contribution in [0.2, 0.25) is 0 Å². The van der Waals surface area contributed by atoms with Crippen LogP contribution in [0.4, 0.5) is 8.78 Å². The molecule has 0 bridgehead atoms. The molecule has 0 aliphatic carbocycles. The zero-order valence-corrected chi connectivity index (χ0v) is 15.7. The van der Waals surface area contributed by atoms with Gasteiger partial charge in [0.1, 0.15) is 24.0 Å². The van der Waals surface area contributed by atoms with Crippen LogP contribution in [0.25, 0.3) is 11.6 Å². The van der Waals surface area contributed by atoms with Gasteiger partial charge in [0.25, 0.3) is 0 Å². The van der Waals surface area contributed by atoms with Gasteiger partial charge in [-0.05, 0) is 48.0 Å². The minimum absolute atomic E-state index is 0.192. The molecule has 0 aliphatic heterocycles. The zero-order valence-electron chi connectivity index (χ0n) is 14.1. The summed E-state index contributed by atoms with van der Waals surface area (Å²) in [6.45, 7) is 0.240. The number of hydrogen-bond acceptors (Lipinski definition) is 2. The number of nitrogens with zero attached hydrogens (tertiary/aromatic N) is 1. The average Bonchev–Trinajstić information content (AvgIpc) is 2.67. The highest BCUT2D eigenvalue weighted by Gasteiger charge is 2.10. The molecule has 0 aromatic heterocycles. The first-order valence-corrected chi connectivity index (χ1v) is 8.89. The molecule has 0 atom stereocenters. The average molecular weight is 426 g/mol. The van der Waals surface area contributed by atoms with Crippen LogP contribution in [0.15, 0.2) is 71.2 Å². The molecular formula is C22H14BrF2NO. The fourth-order valence-corrected chi connectivity index (χ4v) is 2.89. The van der Waals surface area contributed by atoms with Crippen LogP contribution >= 0.6 is 15.9 Å². The monoisotopic (exact) mass is 425 g/mol. The number of allylic oxidation sites excluding steroid dienone is 1. The maximum Gasteiger partial charge on any atom is 0.131 e. The normalized spacial score (nSPS) is 11.1. The van der Waals surface area contributed by atoms with Gasteiger partial charge in [0.2, 0.25) is 0 Å². The second-order valence-electron chi connectivity index (χ2n) is 5.75. The second-order valence-corrected chi connectivity index (χ2v) is 6.66. The highest BCUT2D eigenvalue weighted by Crippen LogP contribution is 2.29. The number of rotatable bonds is 5. The van der Waals surface area contributed by atoms with Crippen molar-refractivity contribution < 1.29 is 13.5 Å². The summed E-state index contributed by atoms with van der Waals surface area (Å²) in [7, 11) is 0. The van der Waals surface area contributed by atoms with E-state index in [0.29, 0.717) is 11.3 Å². The molecule has 3 rings (SSSR count). The molecule has 2 nitrogen and oxygen atoms in total. The summed E-state index contributed by atoms with van der Waals surface area (Å²) in [6, 6.07) is 19.5. The topological polar surface area (TPSA) is 33.0 Å². The van der Waals surface area contributed by atoms with Crippen molar-refractivity contribution in [2.45, 2.75) is 6.61 Å². The molecule has 0 radical (unpaired) electrons. The van der Waals surface area contributed by atoms with Crippen LogP contribution in [0.3, 0.4) is 0 Å². The Morgan fingerprint density at radius 2 is 1.78 bits per heavy atom. The van der Waals surface area contributed by atoms with E-state index in [1.807, 2.05) is 12.1 Å². The van der Waals surface area contributed by atoms with Gasteiger partial charge < -0.3 is 4.74 Å². The molecule has 0 unspecified atom stereocenters. The number of halogens is 3. The summed E-state index contributed by atoms with van der Waals surface area (Å²) in [5.41, 5.74) is 1.86. The van der Waals surface area contributed by atoms with Gasteiger partial charge in [0.05, 0.1) is 11.6 Å². The Balaban J connectivity index is 1.92. The SMILES string of the molecule is N#C/C(=C/c1cc(Br)ccc1OCc1ccc(F)cc1)c1ccccc1F. The highest BCUT2D eigenvalue weighted by atomic mass is 79.9. The first-order valence-electron chi connectivity index (χ1n) is 8.10. The Labute approximate surface area is 164 Å². The largest absolute Gasteiger partial charge is 0.488 e. The van der Waals surface area contributed by atoms with Crippen molar-refractivity contribution in [3.63, 3.8) is 0 Å². The molecule has 3 aromatic carbocycles. The molecule has 0 fully saturated rings. The van der Waals surface area contributed by atoms with Crippen molar-refractivity contribution in [2.24, 2.45) is 0 Å². The van der Waals surface area contributed by atoms with E-state index in [-0.39, 0.29) is 23.6 Å². The third-order valence-electron chi connectivity index (χ3n) is 3.86. The highest BCUT2D eigenvalue weighted by molar-refractivity contribution is 9.10. The molecule has 0 saturated heterocycles. The Morgan fingerprint density at radius 3 is 2.48 bits per heavy atom. The molecule has 0 spiro atoms. The number of benzene rings is 3. The molecular weight excluding hydrogens is 412 g/mol. The smallest absolute Gasteiger partial charge is 0.131 e. The Hall–Kier alpha value is -2.97. The van der Waals surface area contributed by atoms with E-state index in [9.17, 15) is 14.0 Å². The Morgan fingerprint density at radius 1 is 1.04 bits per heavy atom. The minimum Gasteiger partial charge on any atom is -0.488 e. The predicted molar refractivity (Wildman–Crippen MR) is 105 cm³/mol. The molecule has 134 valence electrons. The minimum atomic E-state index is -0.464. The van der Waals surface area contributed by atoms with Gasteiger partial charge in [-0.2, -0.15) is 5.26 Å². The van der Waals surface area contributed by atoms with Crippen molar-refractivity contribution in [2.75, 3.05) is 0 Å². The number of nitriles is 1. The maximum absolute atomic E-state index is 14.0. The van der Waals surface area contributed by atoms with E-state index in [0.717, 1.165) is 10.0 Å². The van der Waals surface area contributed by atoms with Crippen LogP contribution < -0.4 is 4.74 Å². The van der Waals surface area contributed by atoms with Gasteiger partial charge in [-0.3, -0.25) is 0 Å². The van der Waals surface area contributed by atoms with E-state index >= 15 is 0 Å². The van der Waals surface area contributed by atoms with E-state index < -0.39 is 5.82 Å². The lowest BCUT2D eigenvalue weighted by Gasteiger charge is -2.11. The molecule has 0 saturated carbocycles. The Bertz CT molecular complexity index is 1020. The van der Waals surface area contributed by atoms with Crippen LogP contribution in [-0.2, 0) is 6.61 Å². The number of ether oxygens (including phenoxy) is 1. The molecule has 3 aromatic rings. The van der Waals surface area contributed by atoms with Crippen LogP contribution in [0, 0.1) is 23.0 Å². The van der Waals surface area contributed by atoms with Crippen molar-refractivity contribution in [1.82, 2.24) is 0 Å². The number of hydrogen-bond donors (Lipinski definition) is 0.